The number of carbonyl (C=O) groups is 3. The molecule has 0 bridgehead atoms. The molecule has 124 valence electrons. The van der Waals surface area contributed by atoms with Gasteiger partial charge in [0.1, 0.15) is 6.04 Å². The first-order chi connectivity index (χ1) is 10.2. The van der Waals surface area contributed by atoms with Crippen molar-refractivity contribution in [2.24, 2.45) is 11.8 Å². The molecule has 1 aliphatic carbocycles. The highest BCUT2D eigenvalue weighted by Gasteiger charge is 2.51. The summed E-state index contributed by atoms with van der Waals surface area (Å²) in [6.45, 7) is 7.96. The van der Waals surface area contributed by atoms with Crippen LogP contribution in [-0.4, -0.2) is 47.4 Å². The number of ether oxygens (including phenoxy) is 1. The Bertz CT molecular complexity index is 469. The van der Waals surface area contributed by atoms with Crippen molar-refractivity contribution in [3.63, 3.8) is 0 Å². The fraction of sp³-hybridized carbons (Fsp3) is 0.812. The lowest BCUT2D eigenvalue weighted by molar-refractivity contribution is -0.157. The van der Waals surface area contributed by atoms with Crippen LogP contribution in [0, 0.1) is 11.8 Å². The van der Waals surface area contributed by atoms with Crippen molar-refractivity contribution in [1.82, 2.24) is 10.2 Å². The third-order valence-electron chi connectivity index (χ3n) is 4.36. The van der Waals surface area contributed by atoms with Crippen LogP contribution in [0.3, 0.4) is 0 Å². The fourth-order valence-electron chi connectivity index (χ4n) is 3.57. The summed E-state index contributed by atoms with van der Waals surface area (Å²) in [5, 5.41) is 2.67. The van der Waals surface area contributed by atoms with Gasteiger partial charge in [0.2, 0.25) is 0 Å². The van der Waals surface area contributed by atoms with Crippen molar-refractivity contribution in [2.45, 2.75) is 58.5 Å². The first-order valence-electron chi connectivity index (χ1n) is 8.04. The van der Waals surface area contributed by atoms with E-state index >= 15 is 0 Å². The van der Waals surface area contributed by atoms with Gasteiger partial charge in [-0.25, -0.2) is 4.79 Å². The number of likely N-dealkylation sites (tertiary alicyclic amines) is 1. The molecule has 1 saturated heterocycles. The first-order valence-corrected chi connectivity index (χ1v) is 8.04. The second-order valence-corrected chi connectivity index (χ2v) is 7.21. The standard InChI is InChI=1S/C16H26N2O4/c1-5-22-15(21)12-11-8-6-7-10(11)9-18(12)14(20)13(19)17-16(2,3)4/h10-12H,5-9H2,1-4H3,(H,17,19). The number of hydrogen-bond donors (Lipinski definition) is 1. The molecule has 1 N–H and O–H groups in total. The van der Waals surface area contributed by atoms with Gasteiger partial charge in [-0.1, -0.05) is 6.42 Å². The summed E-state index contributed by atoms with van der Waals surface area (Å²) in [7, 11) is 0. The predicted octanol–water partition coefficient (Wildman–Crippen LogP) is 1.09. The van der Waals surface area contributed by atoms with E-state index in [-0.39, 0.29) is 18.5 Å². The lowest BCUT2D eigenvalue weighted by Gasteiger charge is -2.27. The van der Waals surface area contributed by atoms with Gasteiger partial charge in [-0.15, -0.1) is 0 Å². The van der Waals surface area contributed by atoms with Crippen LogP contribution in [-0.2, 0) is 19.1 Å². The van der Waals surface area contributed by atoms with Crippen LogP contribution in [0.4, 0.5) is 0 Å². The quantitative estimate of drug-likeness (QED) is 0.612. The molecule has 0 spiro atoms. The van der Waals surface area contributed by atoms with Crippen molar-refractivity contribution >= 4 is 17.8 Å². The molecular formula is C16H26N2O4. The van der Waals surface area contributed by atoms with Crippen LogP contribution in [0.15, 0.2) is 0 Å². The van der Waals surface area contributed by atoms with E-state index in [2.05, 4.69) is 5.32 Å². The maximum absolute atomic E-state index is 12.5. The maximum atomic E-state index is 12.5. The number of carbonyl (C=O) groups excluding carboxylic acids is 3. The zero-order chi connectivity index (χ0) is 16.5. The highest BCUT2D eigenvalue weighted by Crippen LogP contribution is 2.42. The Balaban J connectivity index is 2.15. The molecular weight excluding hydrogens is 284 g/mol. The fourth-order valence-corrected chi connectivity index (χ4v) is 3.57. The zero-order valence-electron chi connectivity index (χ0n) is 13.8. The van der Waals surface area contributed by atoms with E-state index in [1.54, 1.807) is 6.92 Å². The van der Waals surface area contributed by atoms with Gasteiger partial charge in [-0.2, -0.15) is 0 Å². The van der Waals surface area contributed by atoms with Crippen molar-refractivity contribution in [3.05, 3.63) is 0 Å². The summed E-state index contributed by atoms with van der Waals surface area (Å²) >= 11 is 0. The predicted molar refractivity (Wildman–Crippen MR) is 80.9 cm³/mol. The minimum absolute atomic E-state index is 0.130. The summed E-state index contributed by atoms with van der Waals surface area (Å²) in [6, 6.07) is -0.606. The number of esters is 1. The van der Waals surface area contributed by atoms with Crippen LogP contribution in [0.2, 0.25) is 0 Å². The summed E-state index contributed by atoms with van der Waals surface area (Å²) in [5.74, 6) is -1.22. The summed E-state index contributed by atoms with van der Waals surface area (Å²) in [4.78, 5) is 38.3. The second-order valence-electron chi connectivity index (χ2n) is 7.21. The van der Waals surface area contributed by atoms with Crippen LogP contribution in [0.25, 0.3) is 0 Å². The van der Waals surface area contributed by atoms with Gasteiger partial charge in [0, 0.05) is 12.1 Å². The van der Waals surface area contributed by atoms with Gasteiger partial charge in [0.15, 0.2) is 0 Å². The van der Waals surface area contributed by atoms with Crippen molar-refractivity contribution in [1.29, 1.82) is 0 Å². The zero-order valence-corrected chi connectivity index (χ0v) is 13.8. The molecule has 6 heteroatoms. The molecule has 0 aromatic rings. The Morgan fingerprint density at radius 1 is 1.23 bits per heavy atom. The molecule has 0 aromatic heterocycles. The molecule has 2 fully saturated rings. The number of rotatable bonds is 2. The van der Waals surface area contributed by atoms with Crippen molar-refractivity contribution in [2.75, 3.05) is 13.2 Å². The Kier molecular flexibility index (Phi) is 4.78. The molecule has 1 heterocycles. The van der Waals surface area contributed by atoms with Gasteiger partial charge in [0.25, 0.3) is 0 Å². The lowest BCUT2D eigenvalue weighted by atomic mass is 9.94. The van der Waals surface area contributed by atoms with E-state index in [4.69, 9.17) is 4.74 Å². The number of fused-ring (bicyclic) bond motifs is 1. The van der Waals surface area contributed by atoms with Gasteiger partial charge < -0.3 is 15.0 Å². The molecule has 3 atom stereocenters. The minimum atomic E-state index is -0.651. The van der Waals surface area contributed by atoms with Gasteiger partial charge in [-0.05, 0) is 52.4 Å². The highest BCUT2D eigenvalue weighted by molar-refractivity contribution is 6.35. The molecule has 2 aliphatic rings. The monoisotopic (exact) mass is 310 g/mol. The SMILES string of the molecule is CCOC(=O)C1C2CCCC2CN1C(=O)C(=O)NC(C)(C)C. The molecule has 22 heavy (non-hydrogen) atoms. The smallest absolute Gasteiger partial charge is 0.329 e. The third-order valence-corrected chi connectivity index (χ3v) is 4.36. The van der Waals surface area contributed by atoms with E-state index in [0.717, 1.165) is 19.3 Å². The number of amides is 2. The van der Waals surface area contributed by atoms with Crippen molar-refractivity contribution < 1.29 is 19.1 Å². The number of hydrogen-bond acceptors (Lipinski definition) is 4. The molecule has 3 unspecified atom stereocenters. The molecule has 0 radical (unpaired) electrons. The third kappa shape index (κ3) is 3.42. The second kappa shape index (κ2) is 6.26. The van der Waals surface area contributed by atoms with Gasteiger partial charge >= 0.3 is 17.8 Å². The Morgan fingerprint density at radius 3 is 2.50 bits per heavy atom. The summed E-state index contributed by atoms with van der Waals surface area (Å²) in [5.41, 5.74) is -0.484. The number of nitrogens with one attached hydrogen (secondary N) is 1. The largest absolute Gasteiger partial charge is 0.464 e. The van der Waals surface area contributed by atoms with Crippen LogP contribution in [0.1, 0.15) is 47.0 Å². The Labute approximate surface area is 131 Å². The Morgan fingerprint density at radius 2 is 1.91 bits per heavy atom. The van der Waals surface area contributed by atoms with Gasteiger partial charge in [-0.3, -0.25) is 9.59 Å². The molecule has 2 amide bonds. The maximum Gasteiger partial charge on any atom is 0.329 e. The van der Waals surface area contributed by atoms with Crippen LogP contribution < -0.4 is 5.32 Å². The normalized spacial score (nSPS) is 27.5. The lowest BCUT2D eigenvalue weighted by Crippen LogP contribution is -2.53. The first kappa shape index (κ1) is 16.8. The molecule has 6 nitrogen and oxygen atoms in total. The van der Waals surface area contributed by atoms with Gasteiger partial charge in [0.05, 0.1) is 6.61 Å². The molecule has 2 rings (SSSR count). The van der Waals surface area contributed by atoms with E-state index in [1.807, 2.05) is 20.8 Å². The molecule has 0 aromatic carbocycles. The van der Waals surface area contributed by atoms with Crippen molar-refractivity contribution in [3.8, 4) is 0 Å². The number of nitrogens with zero attached hydrogens (tertiary/aromatic N) is 1. The highest BCUT2D eigenvalue weighted by atomic mass is 16.5. The van der Waals surface area contributed by atoms with E-state index in [9.17, 15) is 14.4 Å². The Hall–Kier alpha value is -1.59. The molecule has 1 saturated carbocycles. The van der Waals surface area contributed by atoms with Crippen LogP contribution in [0.5, 0.6) is 0 Å². The van der Waals surface area contributed by atoms with E-state index in [0.29, 0.717) is 12.5 Å². The van der Waals surface area contributed by atoms with E-state index < -0.39 is 23.4 Å². The van der Waals surface area contributed by atoms with E-state index in [1.165, 1.54) is 4.90 Å². The topological polar surface area (TPSA) is 75.7 Å². The summed E-state index contributed by atoms with van der Waals surface area (Å²) < 4.78 is 5.13. The summed E-state index contributed by atoms with van der Waals surface area (Å²) in [6.07, 6.45) is 2.99. The molecule has 1 aliphatic heterocycles. The van der Waals surface area contributed by atoms with Crippen LogP contribution >= 0.6 is 0 Å². The average molecular weight is 310 g/mol. The minimum Gasteiger partial charge on any atom is -0.464 e. The average Bonchev–Trinajstić information content (AvgIpc) is 2.95.